The van der Waals surface area contributed by atoms with Crippen LogP contribution >= 0.6 is 0 Å². The molecule has 0 saturated heterocycles. The van der Waals surface area contributed by atoms with Gasteiger partial charge in [-0.25, -0.2) is 13.1 Å². The Kier molecular flexibility index (Phi) is 3.17. The highest BCUT2D eigenvalue weighted by Gasteiger charge is 2.41. The number of aromatic nitrogens is 2. The third-order valence-electron chi connectivity index (χ3n) is 4.29. The van der Waals surface area contributed by atoms with Gasteiger partial charge in [-0.1, -0.05) is 0 Å². The molecular formula is C13H21N3O2S. The van der Waals surface area contributed by atoms with Gasteiger partial charge in [0.05, 0.1) is 11.4 Å². The van der Waals surface area contributed by atoms with E-state index < -0.39 is 10.0 Å². The van der Waals surface area contributed by atoms with E-state index in [0.29, 0.717) is 28.7 Å². The van der Waals surface area contributed by atoms with Crippen molar-refractivity contribution in [3.8, 4) is 0 Å². The van der Waals surface area contributed by atoms with Gasteiger partial charge in [0.25, 0.3) is 0 Å². The summed E-state index contributed by atoms with van der Waals surface area (Å²) >= 11 is 0. The molecule has 2 saturated carbocycles. The Morgan fingerprint density at radius 2 is 1.84 bits per heavy atom. The van der Waals surface area contributed by atoms with Gasteiger partial charge in [-0.05, 0) is 57.3 Å². The molecule has 1 heterocycles. The summed E-state index contributed by atoms with van der Waals surface area (Å²) in [4.78, 5) is 0.317. The minimum absolute atomic E-state index is 0.317. The zero-order chi connectivity index (χ0) is 13.6. The monoisotopic (exact) mass is 283 g/mol. The average molecular weight is 283 g/mol. The number of hydrogen-bond acceptors (Lipinski definition) is 3. The predicted octanol–water partition coefficient (Wildman–Crippen LogP) is 1.74. The maximum Gasteiger partial charge on any atom is 0.244 e. The van der Waals surface area contributed by atoms with Crippen LogP contribution in [0.4, 0.5) is 0 Å². The average Bonchev–Trinajstić information content (AvgIpc) is 3.20. The number of hydrogen-bond donors (Lipinski definition) is 2. The Labute approximate surface area is 114 Å². The minimum Gasteiger partial charge on any atom is -0.281 e. The summed E-state index contributed by atoms with van der Waals surface area (Å²) in [5.41, 5.74) is 1.15. The van der Waals surface area contributed by atoms with E-state index in [1.165, 1.54) is 25.7 Å². The molecule has 6 heteroatoms. The second-order valence-corrected chi connectivity index (χ2v) is 7.66. The first-order chi connectivity index (χ1) is 8.99. The highest BCUT2D eigenvalue weighted by Crippen LogP contribution is 2.48. The lowest BCUT2D eigenvalue weighted by molar-refractivity contribution is 0.401. The summed E-state index contributed by atoms with van der Waals surface area (Å²) in [5.74, 6) is 2.05. The molecule has 2 aliphatic rings. The number of nitrogens with one attached hydrogen (secondary N) is 2. The Morgan fingerprint density at radius 3 is 2.26 bits per heavy atom. The molecule has 106 valence electrons. The van der Waals surface area contributed by atoms with Crippen LogP contribution in [0, 0.1) is 31.6 Å². The van der Waals surface area contributed by atoms with E-state index in [4.69, 9.17) is 0 Å². The van der Waals surface area contributed by atoms with Crippen LogP contribution in [0.5, 0.6) is 0 Å². The molecule has 0 atom stereocenters. The number of nitrogens with zero attached hydrogens (tertiary/aromatic N) is 1. The summed E-state index contributed by atoms with van der Waals surface area (Å²) < 4.78 is 27.5. The van der Waals surface area contributed by atoms with Crippen LogP contribution in [0.1, 0.15) is 37.1 Å². The molecule has 5 nitrogen and oxygen atoms in total. The molecule has 2 aliphatic carbocycles. The smallest absolute Gasteiger partial charge is 0.244 e. The first-order valence-corrected chi connectivity index (χ1v) is 8.48. The molecule has 0 aliphatic heterocycles. The van der Waals surface area contributed by atoms with E-state index in [1.807, 2.05) is 0 Å². The molecule has 0 aromatic carbocycles. The van der Waals surface area contributed by atoms with Gasteiger partial charge in [-0.2, -0.15) is 5.10 Å². The normalized spacial score (nSPS) is 20.2. The van der Waals surface area contributed by atoms with Crippen LogP contribution in [0.15, 0.2) is 4.90 Å². The SMILES string of the molecule is Cc1n[nH]c(C)c1S(=O)(=O)NCC(C1CC1)C1CC1. The van der Waals surface area contributed by atoms with Gasteiger partial charge in [0.1, 0.15) is 4.90 Å². The molecule has 19 heavy (non-hydrogen) atoms. The van der Waals surface area contributed by atoms with Gasteiger partial charge < -0.3 is 0 Å². The van der Waals surface area contributed by atoms with Gasteiger partial charge in [0, 0.05) is 6.54 Å². The molecule has 0 bridgehead atoms. The second-order valence-electron chi connectivity index (χ2n) is 5.95. The van der Waals surface area contributed by atoms with E-state index in [1.54, 1.807) is 13.8 Å². The summed E-state index contributed by atoms with van der Waals surface area (Å²) in [6.45, 7) is 4.05. The van der Waals surface area contributed by atoms with Gasteiger partial charge in [-0.15, -0.1) is 0 Å². The van der Waals surface area contributed by atoms with Crippen LogP contribution < -0.4 is 4.72 Å². The van der Waals surface area contributed by atoms with Crippen molar-refractivity contribution in [2.24, 2.45) is 17.8 Å². The molecule has 3 rings (SSSR count). The maximum atomic E-state index is 12.4. The second kappa shape index (κ2) is 4.59. The molecule has 0 amide bonds. The summed E-state index contributed by atoms with van der Waals surface area (Å²) in [5, 5.41) is 6.69. The van der Waals surface area contributed by atoms with Crippen molar-refractivity contribution >= 4 is 10.0 Å². The summed E-state index contributed by atoms with van der Waals surface area (Å²) in [6, 6.07) is 0. The van der Waals surface area contributed by atoms with Crippen molar-refractivity contribution in [1.29, 1.82) is 0 Å². The van der Waals surface area contributed by atoms with E-state index in [-0.39, 0.29) is 0 Å². The van der Waals surface area contributed by atoms with Gasteiger partial charge >= 0.3 is 0 Å². The Bertz CT molecular complexity index is 539. The quantitative estimate of drug-likeness (QED) is 0.835. The zero-order valence-corrected chi connectivity index (χ0v) is 12.3. The van der Waals surface area contributed by atoms with E-state index in [0.717, 1.165) is 11.8 Å². The fourth-order valence-electron chi connectivity index (χ4n) is 2.98. The lowest BCUT2D eigenvalue weighted by Crippen LogP contribution is -2.31. The van der Waals surface area contributed by atoms with Gasteiger partial charge in [0.15, 0.2) is 0 Å². The highest BCUT2D eigenvalue weighted by molar-refractivity contribution is 7.89. The van der Waals surface area contributed by atoms with Crippen LogP contribution in [0.3, 0.4) is 0 Å². The van der Waals surface area contributed by atoms with Crippen molar-refractivity contribution in [3.63, 3.8) is 0 Å². The number of rotatable bonds is 6. The van der Waals surface area contributed by atoms with Crippen molar-refractivity contribution in [2.75, 3.05) is 6.54 Å². The topological polar surface area (TPSA) is 74.8 Å². The third-order valence-corrected chi connectivity index (χ3v) is 5.98. The first kappa shape index (κ1) is 13.1. The number of aryl methyl sites for hydroxylation is 2. The summed E-state index contributed by atoms with van der Waals surface area (Å²) in [6.07, 6.45) is 5.08. The molecule has 0 spiro atoms. The molecule has 2 N–H and O–H groups in total. The fraction of sp³-hybridized carbons (Fsp3) is 0.769. The van der Waals surface area contributed by atoms with E-state index in [9.17, 15) is 8.42 Å². The van der Waals surface area contributed by atoms with E-state index >= 15 is 0 Å². The van der Waals surface area contributed by atoms with Gasteiger partial charge in [-0.3, -0.25) is 5.10 Å². The molecular weight excluding hydrogens is 262 g/mol. The largest absolute Gasteiger partial charge is 0.281 e. The highest BCUT2D eigenvalue weighted by atomic mass is 32.2. The molecule has 1 aromatic rings. The lowest BCUT2D eigenvalue weighted by atomic mass is 9.99. The van der Waals surface area contributed by atoms with Crippen molar-refractivity contribution in [1.82, 2.24) is 14.9 Å². The van der Waals surface area contributed by atoms with Crippen molar-refractivity contribution in [2.45, 2.75) is 44.4 Å². The molecule has 2 fully saturated rings. The van der Waals surface area contributed by atoms with Crippen molar-refractivity contribution < 1.29 is 8.42 Å². The molecule has 1 aromatic heterocycles. The van der Waals surface area contributed by atoms with Crippen LogP contribution in [-0.4, -0.2) is 25.2 Å². The maximum absolute atomic E-state index is 12.4. The van der Waals surface area contributed by atoms with Crippen LogP contribution in [0.25, 0.3) is 0 Å². The summed E-state index contributed by atoms with van der Waals surface area (Å²) in [7, 11) is -3.43. The van der Waals surface area contributed by atoms with E-state index in [2.05, 4.69) is 14.9 Å². The lowest BCUT2D eigenvalue weighted by Gasteiger charge is -2.16. The Hall–Kier alpha value is -0.880. The number of H-pyrrole nitrogens is 1. The van der Waals surface area contributed by atoms with Crippen LogP contribution in [0.2, 0.25) is 0 Å². The number of aromatic amines is 1. The molecule has 0 radical (unpaired) electrons. The zero-order valence-electron chi connectivity index (χ0n) is 11.4. The first-order valence-electron chi connectivity index (χ1n) is 7.00. The third kappa shape index (κ3) is 2.69. The fourth-order valence-corrected chi connectivity index (χ4v) is 4.42. The predicted molar refractivity (Wildman–Crippen MR) is 72.2 cm³/mol. The minimum atomic E-state index is -3.43. The van der Waals surface area contributed by atoms with Gasteiger partial charge in [0.2, 0.25) is 10.0 Å². The Balaban J connectivity index is 1.71. The Morgan fingerprint density at radius 1 is 1.26 bits per heavy atom. The van der Waals surface area contributed by atoms with Crippen molar-refractivity contribution in [3.05, 3.63) is 11.4 Å². The molecule has 0 unspecified atom stereocenters. The van der Waals surface area contributed by atoms with Crippen LogP contribution in [-0.2, 0) is 10.0 Å². The standard InChI is InChI=1S/C13H21N3O2S/c1-8-13(9(2)16-15-8)19(17,18)14-7-12(10-3-4-10)11-5-6-11/h10-12,14H,3-7H2,1-2H3,(H,15,16). The number of sulfonamides is 1.